The Morgan fingerprint density at radius 2 is 2.19 bits per heavy atom. The standard InChI is InChI=1S/C18H24FN5O2/c1-3-21-17(22-12-14-5-4-13(11-20)10-16(14)19)23-15-6-8-24(9-7-15)18(25)26-2/h4-5,10,15H,3,6-9,12H2,1-2H3,(H2,21,22,23). The summed E-state index contributed by atoms with van der Waals surface area (Å²) in [7, 11) is 1.38. The molecule has 2 rings (SSSR count). The molecule has 0 spiro atoms. The lowest BCUT2D eigenvalue weighted by Gasteiger charge is -2.32. The highest BCUT2D eigenvalue weighted by molar-refractivity contribution is 5.80. The van der Waals surface area contributed by atoms with E-state index in [-0.39, 0.29) is 24.2 Å². The van der Waals surface area contributed by atoms with Crippen LogP contribution in [-0.2, 0) is 11.3 Å². The number of carbonyl (C=O) groups excluding carboxylic acids is 1. The number of nitriles is 1. The predicted molar refractivity (Wildman–Crippen MR) is 96.1 cm³/mol. The zero-order valence-corrected chi connectivity index (χ0v) is 15.1. The van der Waals surface area contributed by atoms with Crippen molar-refractivity contribution >= 4 is 12.1 Å². The molecule has 0 aromatic heterocycles. The van der Waals surface area contributed by atoms with Crippen LogP contribution in [0.3, 0.4) is 0 Å². The first-order chi connectivity index (χ1) is 12.6. The molecule has 0 aliphatic carbocycles. The number of amides is 1. The van der Waals surface area contributed by atoms with Gasteiger partial charge in [-0.05, 0) is 31.9 Å². The van der Waals surface area contributed by atoms with E-state index in [1.165, 1.54) is 13.2 Å². The van der Waals surface area contributed by atoms with Gasteiger partial charge in [0.15, 0.2) is 5.96 Å². The van der Waals surface area contributed by atoms with E-state index < -0.39 is 5.82 Å². The van der Waals surface area contributed by atoms with E-state index in [1.807, 2.05) is 13.0 Å². The van der Waals surface area contributed by atoms with Gasteiger partial charge in [-0.3, -0.25) is 0 Å². The number of nitrogens with one attached hydrogen (secondary N) is 2. The molecule has 1 saturated heterocycles. The zero-order chi connectivity index (χ0) is 18.9. The van der Waals surface area contributed by atoms with Crippen LogP contribution < -0.4 is 10.6 Å². The van der Waals surface area contributed by atoms with Crippen LogP contribution in [0.2, 0.25) is 0 Å². The summed E-state index contributed by atoms with van der Waals surface area (Å²) in [4.78, 5) is 17.6. The van der Waals surface area contributed by atoms with Crippen molar-refractivity contribution in [3.8, 4) is 6.07 Å². The van der Waals surface area contributed by atoms with E-state index in [1.54, 1.807) is 17.0 Å². The van der Waals surface area contributed by atoms with E-state index >= 15 is 0 Å². The maximum absolute atomic E-state index is 14.0. The molecule has 1 aromatic rings. The third kappa shape index (κ3) is 5.34. The maximum Gasteiger partial charge on any atom is 0.409 e. The minimum atomic E-state index is -0.435. The highest BCUT2D eigenvalue weighted by Crippen LogP contribution is 2.13. The molecule has 140 valence electrons. The molecule has 8 heteroatoms. The number of hydrogen-bond donors (Lipinski definition) is 2. The van der Waals surface area contributed by atoms with Crippen LogP contribution in [0, 0.1) is 17.1 Å². The quantitative estimate of drug-likeness (QED) is 0.632. The molecule has 1 fully saturated rings. The molecule has 1 aromatic carbocycles. The van der Waals surface area contributed by atoms with Crippen LogP contribution in [0.1, 0.15) is 30.9 Å². The van der Waals surface area contributed by atoms with Crippen LogP contribution in [0.4, 0.5) is 9.18 Å². The fourth-order valence-electron chi connectivity index (χ4n) is 2.76. The second kappa shape index (κ2) is 9.61. The Labute approximate surface area is 152 Å². The minimum Gasteiger partial charge on any atom is -0.453 e. The highest BCUT2D eigenvalue weighted by atomic mass is 19.1. The smallest absolute Gasteiger partial charge is 0.409 e. The third-order valence-corrected chi connectivity index (χ3v) is 4.20. The van der Waals surface area contributed by atoms with Crippen LogP contribution in [-0.4, -0.2) is 49.7 Å². The number of halogens is 1. The zero-order valence-electron chi connectivity index (χ0n) is 15.1. The molecule has 1 aliphatic rings. The third-order valence-electron chi connectivity index (χ3n) is 4.20. The number of rotatable bonds is 4. The van der Waals surface area contributed by atoms with Crippen molar-refractivity contribution < 1.29 is 13.9 Å². The lowest BCUT2D eigenvalue weighted by atomic mass is 10.1. The number of nitrogens with zero attached hydrogens (tertiary/aromatic N) is 3. The summed E-state index contributed by atoms with van der Waals surface area (Å²) < 4.78 is 18.7. The van der Waals surface area contributed by atoms with E-state index in [9.17, 15) is 9.18 Å². The molecule has 0 unspecified atom stereocenters. The summed E-state index contributed by atoms with van der Waals surface area (Å²) in [6.07, 6.45) is 1.26. The van der Waals surface area contributed by atoms with Crippen molar-refractivity contribution in [2.45, 2.75) is 32.4 Å². The maximum atomic E-state index is 14.0. The second-order valence-electron chi connectivity index (χ2n) is 5.99. The van der Waals surface area contributed by atoms with Crippen molar-refractivity contribution in [1.82, 2.24) is 15.5 Å². The average Bonchev–Trinajstić information content (AvgIpc) is 2.66. The highest BCUT2D eigenvalue weighted by Gasteiger charge is 2.23. The van der Waals surface area contributed by atoms with E-state index in [4.69, 9.17) is 10.00 Å². The molecule has 0 saturated carbocycles. The first kappa shape index (κ1) is 19.5. The largest absolute Gasteiger partial charge is 0.453 e. The van der Waals surface area contributed by atoms with Crippen LogP contribution >= 0.6 is 0 Å². The molecular weight excluding hydrogens is 337 g/mol. The fourth-order valence-corrected chi connectivity index (χ4v) is 2.76. The molecule has 7 nitrogen and oxygen atoms in total. The van der Waals surface area contributed by atoms with E-state index in [0.29, 0.717) is 31.2 Å². The van der Waals surface area contributed by atoms with Crippen molar-refractivity contribution in [3.05, 3.63) is 35.1 Å². The second-order valence-corrected chi connectivity index (χ2v) is 5.99. The Bertz CT molecular complexity index is 693. The van der Waals surface area contributed by atoms with Crippen LogP contribution in [0.5, 0.6) is 0 Å². The normalized spacial score (nSPS) is 15.3. The van der Waals surface area contributed by atoms with Gasteiger partial charge in [-0.15, -0.1) is 0 Å². The Hall–Kier alpha value is -2.82. The Morgan fingerprint density at radius 1 is 1.46 bits per heavy atom. The van der Waals surface area contributed by atoms with Gasteiger partial charge in [-0.2, -0.15) is 5.26 Å². The Morgan fingerprint density at radius 3 is 2.77 bits per heavy atom. The average molecular weight is 361 g/mol. The van der Waals surface area contributed by atoms with Gasteiger partial charge in [0.25, 0.3) is 0 Å². The van der Waals surface area contributed by atoms with Crippen molar-refractivity contribution in [3.63, 3.8) is 0 Å². The summed E-state index contributed by atoms with van der Waals surface area (Å²) in [5.74, 6) is 0.169. The van der Waals surface area contributed by atoms with E-state index in [2.05, 4.69) is 15.6 Å². The first-order valence-corrected chi connectivity index (χ1v) is 8.63. The molecular formula is C18H24FN5O2. The van der Waals surface area contributed by atoms with Gasteiger partial charge in [-0.25, -0.2) is 14.2 Å². The van der Waals surface area contributed by atoms with Gasteiger partial charge in [0.1, 0.15) is 5.82 Å². The van der Waals surface area contributed by atoms with Gasteiger partial charge in [0.05, 0.1) is 25.3 Å². The Balaban J connectivity index is 1.95. The molecule has 26 heavy (non-hydrogen) atoms. The number of guanidine groups is 1. The number of piperidine rings is 1. The molecule has 1 aliphatic heterocycles. The summed E-state index contributed by atoms with van der Waals surface area (Å²) in [6.45, 7) is 4.05. The number of benzene rings is 1. The van der Waals surface area contributed by atoms with E-state index in [0.717, 1.165) is 12.8 Å². The van der Waals surface area contributed by atoms with Crippen molar-refractivity contribution in [2.24, 2.45) is 4.99 Å². The van der Waals surface area contributed by atoms with Crippen LogP contribution in [0.25, 0.3) is 0 Å². The topological polar surface area (TPSA) is 89.8 Å². The summed E-state index contributed by atoms with van der Waals surface area (Å²) in [5.41, 5.74) is 0.722. The number of likely N-dealkylation sites (tertiary alicyclic amines) is 1. The first-order valence-electron chi connectivity index (χ1n) is 8.63. The number of aliphatic imine (C=N–C) groups is 1. The minimum absolute atomic E-state index is 0.174. The molecule has 0 bridgehead atoms. The van der Waals surface area contributed by atoms with Gasteiger partial charge < -0.3 is 20.3 Å². The fraction of sp³-hybridized carbons (Fsp3) is 0.500. The van der Waals surface area contributed by atoms with Gasteiger partial charge in [-0.1, -0.05) is 6.07 Å². The lowest BCUT2D eigenvalue weighted by Crippen LogP contribution is -2.49. The van der Waals surface area contributed by atoms with Crippen LogP contribution in [0.15, 0.2) is 23.2 Å². The number of carbonyl (C=O) groups is 1. The van der Waals surface area contributed by atoms with Gasteiger partial charge in [0, 0.05) is 31.2 Å². The number of hydrogen-bond acceptors (Lipinski definition) is 4. The number of ether oxygens (including phenoxy) is 1. The SMILES string of the molecule is CCNC(=NCc1ccc(C#N)cc1F)NC1CCN(C(=O)OC)CC1. The predicted octanol–water partition coefficient (Wildman–Crippen LogP) is 1.98. The molecule has 2 N–H and O–H groups in total. The molecule has 1 amide bonds. The monoisotopic (exact) mass is 361 g/mol. The van der Waals surface area contributed by atoms with Gasteiger partial charge >= 0.3 is 6.09 Å². The lowest BCUT2D eigenvalue weighted by molar-refractivity contribution is 0.111. The van der Waals surface area contributed by atoms with Crippen molar-refractivity contribution in [2.75, 3.05) is 26.7 Å². The summed E-state index contributed by atoms with van der Waals surface area (Å²) in [5, 5.41) is 15.3. The Kier molecular flexibility index (Phi) is 7.21. The number of methoxy groups -OCH3 is 1. The summed E-state index contributed by atoms with van der Waals surface area (Å²) in [6, 6.07) is 6.47. The van der Waals surface area contributed by atoms with Gasteiger partial charge in [0.2, 0.25) is 0 Å². The molecule has 0 radical (unpaired) electrons. The van der Waals surface area contributed by atoms with Crippen molar-refractivity contribution in [1.29, 1.82) is 5.26 Å². The molecule has 0 atom stereocenters. The molecule has 1 heterocycles. The summed E-state index contributed by atoms with van der Waals surface area (Å²) >= 11 is 0.